The molecule has 0 radical (unpaired) electrons. The van der Waals surface area contributed by atoms with Crippen LogP contribution in [-0.2, 0) is 41.9 Å². The van der Waals surface area contributed by atoms with E-state index in [1.807, 2.05) is 27.0 Å². The Bertz CT molecular complexity index is 1410. The van der Waals surface area contributed by atoms with Crippen LogP contribution in [-0.4, -0.2) is 33.7 Å². The van der Waals surface area contributed by atoms with Crippen LogP contribution in [0.25, 0.3) is 0 Å². The molecular weight excluding hydrogens is 498 g/mol. The molecule has 40 heavy (non-hydrogen) atoms. The van der Waals surface area contributed by atoms with Gasteiger partial charge in [0.1, 0.15) is 11.6 Å². The second kappa shape index (κ2) is 11.8. The molecule has 0 amide bonds. The highest BCUT2D eigenvalue weighted by Gasteiger charge is 2.27. The van der Waals surface area contributed by atoms with Gasteiger partial charge < -0.3 is 14.8 Å². The molecule has 1 aromatic carbocycles. The molecule has 3 aromatic rings. The fraction of sp³-hybridized carbons (Fsp3) is 0.515. The molecule has 1 aliphatic heterocycles. The average molecular weight is 542 g/mol. The van der Waals surface area contributed by atoms with Gasteiger partial charge in [0.15, 0.2) is 0 Å². The number of ketones is 1. The number of pyridine rings is 1. The Morgan fingerprint density at radius 2 is 1.88 bits per heavy atom. The fourth-order valence-electron chi connectivity index (χ4n) is 5.16. The molecule has 0 spiro atoms. The van der Waals surface area contributed by atoms with E-state index >= 15 is 0 Å². The Kier molecular flexibility index (Phi) is 8.68. The van der Waals surface area contributed by atoms with Crippen molar-refractivity contribution in [3.63, 3.8) is 0 Å². The molecule has 0 bridgehead atoms. The molecule has 7 heteroatoms. The third-order valence-electron chi connectivity index (χ3n) is 7.73. The van der Waals surface area contributed by atoms with Crippen molar-refractivity contribution < 1.29 is 9.53 Å². The highest BCUT2D eigenvalue weighted by atomic mass is 16.5. The van der Waals surface area contributed by atoms with Crippen LogP contribution in [0, 0.1) is 11.3 Å². The molecule has 7 nitrogen and oxygen atoms in total. The number of rotatable bonds is 10. The lowest BCUT2D eigenvalue weighted by Crippen LogP contribution is -2.19. The summed E-state index contributed by atoms with van der Waals surface area (Å²) in [5.41, 5.74) is 5.64. The summed E-state index contributed by atoms with van der Waals surface area (Å²) < 4.78 is 7.87. The van der Waals surface area contributed by atoms with Crippen molar-refractivity contribution in [1.29, 1.82) is 5.26 Å². The van der Waals surface area contributed by atoms with Crippen LogP contribution < -0.4 is 10.1 Å². The number of fused-ring (bicyclic) bond motifs is 1. The zero-order valence-electron chi connectivity index (χ0n) is 25.1. The van der Waals surface area contributed by atoms with Crippen LogP contribution in [0.1, 0.15) is 93.9 Å². The van der Waals surface area contributed by atoms with E-state index in [1.165, 1.54) is 5.56 Å². The van der Waals surface area contributed by atoms with E-state index in [2.05, 4.69) is 62.5 Å². The quantitative estimate of drug-likeness (QED) is 0.329. The van der Waals surface area contributed by atoms with Gasteiger partial charge in [-0.2, -0.15) is 10.4 Å². The summed E-state index contributed by atoms with van der Waals surface area (Å²) in [6.45, 7) is 13.5. The SMILES string of the molecule is CC(=O)CC(Cc1cc(OCCc2ccc3c(n2)NCCC3)n(C)n1)c1cc(C(C)(C)C)cc(C(C)(C)C#N)c1. The molecule has 0 saturated heterocycles. The maximum absolute atomic E-state index is 12.4. The van der Waals surface area contributed by atoms with Gasteiger partial charge in [0.2, 0.25) is 5.88 Å². The largest absolute Gasteiger partial charge is 0.477 e. The number of ether oxygens (including phenoxy) is 1. The highest BCUT2D eigenvalue weighted by molar-refractivity contribution is 5.76. The van der Waals surface area contributed by atoms with E-state index in [0.29, 0.717) is 31.7 Å². The van der Waals surface area contributed by atoms with E-state index in [9.17, 15) is 10.1 Å². The van der Waals surface area contributed by atoms with E-state index < -0.39 is 5.41 Å². The molecule has 0 fully saturated rings. The molecular formula is C33H43N5O2. The summed E-state index contributed by atoms with van der Waals surface area (Å²) in [5, 5.41) is 18.0. The number of anilines is 1. The minimum Gasteiger partial charge on any atom is -0.477 e. The topological polar surface area (TPSA) is 92.8 Å². The smallest absolute Gasteiger partial charge is 0.211 e. The molecule has 1 N–H and O–H groups in total. The summed E-state index contributed by atoms with van der Waals surface area (Å²) in [6, 6.07) is 15.1. The molecule has 0 saturated carbocycles. The number of hydrogen-bond acceptors (Lipinski definition) is 6. The van der Waals surface area contributed by atoms with Crippen molar-refractivity contribution in [2.24, 2.45) is 7.05 Å². The lowest BCUT2D eigenvalue weighted by atomic mass is 9.77. The minimum absolute atomic E-state index is 0.0528. The molecule has 2 aromatic heterocycles. The third-order valence-corrected chi connectivity index (χ3v) is 7.73. The average Bonchev–Trinajstić information content (AvgIpc) is 3.25. The van der Waals surface area contributed by atoms with Gasteiger partial charge in [-0.3, -0.25) is 0 Å². The number of Topliss-reactive ketones (excluding diaryl/α,β-unsaturated/α-hetero) is 1. The lowest BCUT2D eigenvalue weighted by Gasteiger charge is -2.27. The first-order chi connectivity index (χ1) is 18.9. The number of carbonyl (C=O) groups is 1. The minimum atomic E-state index is -0.633. The van der Waals surface area contributed by atoms with Gasteiger partial charge >= 0.3 is 0 Å². The standard InChI is InChI=1S/C33H43N5O2/c1-22(39)15-24(25-16-26(32(2,3)4)19-27(17-25)33(5,6)21-34)18-29-20-30(38(7)37-29)40-14-12-28-11-10-23-9-8-13-35-31(23)36-28/h10-11,16-17,19-20,24H,8-9,12-15,18H2,1-7H3,(H,35,36). The summed E-state index contributed by atoms with van der Waals surface area (Å²) in [5.74, 6) is 1.78. The molecule has 1 unspecified atom stereocenters. The molecule has 212 valence electrons. The summed E-state index contributed by atoms with van der Waals surface area (Å²) in [4.78, 5) is 17.1. The van der Waals surface area contributed by atoms with Crippen molar-refractivity contribution in [1.82, 2.24) is 14.8 Å². The number of benzene rings is 1. The van der Waals surface area contributed by atoms with E-state index in [-0.39, 0.29) is 17.1 Å². The lowest BCUT2D eigenvalue weighted by molar-refractivity contribution is -0.117. The Morgan fingerprint density at radius 1 is 1.12 bits per heavy atom. The monoisotopic (exact) mass is 541 g/mol. The number of nitrogens with one attached hydrogen (secondary N) is 1. The Balaban J connectivity index is 1.52. The number of nitrogens with zero attached hydrogens (tertiary/aromatic N) is 4. The first kappa shape index (κ1) is 29.3. The Hall–Kier alpha value is -3.66. The van der Waals surface area contributed by atoms with Gasteiger partial charge in [0, 0.05) is 38.2 Å². The summed E-state index contributed by atoms with van der Waals surface area (Å²) in [6.07, 6.45) is 3.94. The first-order valence-corrected chi connectivity index (χ1v) is 14.3. The molecule has 0 aliphatic carbocycles. The van der Waals surface area contributed by atoms with Crippen LogP contribution in [0.5, 0.6) is 5.88 Å². The number of nitriles is 1. The first-order valence-electron chi connectivity index (χ1n) is 14.3. The van der Waals surface area contributed by atoms with E-state index in [0.717, 1.165) is 53.3 Å². The molecule has 4 rings (SSSR count). The number of hydrogen-bond donors (Lipinski definition) is 1. The zero-order valence-corrected chi connectivity index (χ0v) is 25.1. The van der Waals surface area contributed by atoms with Crippen molar-refractivity contribution in [2.45, 2.75) is 90.4 Å². The van der Waals surface area contributed by atoms with Crippen LogP contribution in [0.15, 0.2) is 36.4 Å². The third kappa shape index (κ3) is 7.10. The van der Waals surface area contributed by atoms with Crippen molar-refractivity contribution in [3.05, 3.63) is 70.0 Å². The van der Waals surface area contributed by atoms with Crippen LogP contribution in [0.4, 0.5) is 5.82 Å². The second-order valence-corrected chi connectivity index (χ2v) is 12.7. The van der Waals surface area contributed by atoms with Gasteiger partial charge in [0.25, 0.3) is 0 Å². The molecule has 3 heterocycles. The number of aromatic nitrogens is 3. The van der Waals surface area contributed by atoms with Gasteiger partial charge in [-0.25, -0.2) is 9.67 Å². The second-order valence-electron chi connectivity index (χ2n) is 12.7. The predicted octanol–water partition coefficient (Wildman–Crippen LogP) is 6.20. The summed E-state index contributed by atoms with van der Waals surface area (Å²) >= 11 is 0. The Morgan fingerprint density at radius 3 is 2.58 bits per heavy atom. The van der Waals surface area contributed by atoms with Gasteiger partial charge in [-0.15, -0.1) is 0 Å². The van der Waals surface area contributed by atoms with E-state index in [4.69, 9.17) is 14.8 Å². The number of aryl methyl sites for hydroxylation is 2. The maximum atomic E-state index is 12.4. The van der Waals surface area contributed by atoms with Crippen LogP contribution >= 0.6 is 0 Å². The number of carbonyl (C=O) groups excluding carboxylic acids is 1. The van der Waals surface area contributed by atoms with E-state index in [1.54, 1.807) is 11.6 Å². The predicted molar refractivity (Wildman–Crippen MR) is 159 cm³/mol. The molecule has 1 atom stereocenters. The van der Waals surface area contributed by atoms with Crippen molar-refractivity contribution >= 4 is 11.6 Å². The van der Waals surface area contributed by atoms with Crippen molar-refractivity contribution in [3.8, 4) is 11.9 Å². The van der Waals surface area contributed by atoms with Crippen molar-refractivity contribution in [2.75, 3.05) is 18.5 Å². The highest BCUT2D eigenvalue weighted by Crippen LogP contribution is 2.35. The maximum Gasteiger partial charge on any atom is 0.211 e. The zero-order chi connectivity index (χ0) is 29.1. The fourth-order valence-corrected chi connectivity index (χ4v) is 5.16. The molecule has 1 aliphatic rings. The van der Waals surface area contributed by atoms with Crippen LogP contribution in [0.2, 0.25) is 0 Å². The van der Waals surface area contributed by atoms with Gasteiger partial charge in [-0.1, -0.05) is 45.0 Å². The van der Waals surface area contributed by atoms with Gasteiger partial charge in [0.05, 0.1) is 23.8 Å². The normalized spacial score (nSPS) is 14.2. The van der Waals surface area contributed by atoms with Crippen LogP contribution in [0.3, 0.4) is 0 Å². The Labute approximate surface area is 239 Å². The summed E-state index contributed by atoms with van der Waals surface area (Å²) in [7, 11) is 1.88. The van der Waals surface area contributed by atoms with Gasteiger partial charge in [-0.05, 0) is 79.7 Å².